The van der Waals surface area contributed by atoms with Crippen LogP contribution in [-0.2, 0) is 29.6 Å². The van der Waals surface area contributed by atoms with Crippen molar-refractivity contribution >= 4 is 16.9 Å². The fourth-order valence-electron chi connectivity index (χ4n) is 3.91. The van der Waals surface area contributed by atoms with E-state index in [0.717, 1.165) is 30.8 Å². The van der Waals surface area contributed by atoms with Crippen LogP contribution in [0.5, 0.6) is 0 Å². The van der Waals surface area contributed by atoms with Crippen LogP contribution in [0.3, 0.4) is 0 Å². The van der Waals surface area contributed by atoms with Crippen LogP contribution in [-0.4, -0.2) is 49.5 Å². The van der Waals surface area contributed by atoms with Crippen LogP contribution in [0.15, 0.2) is 9.59 Å². The Morgan fingerprint density at radius 1 is 1.22 bits per heavy atom. The van der Waals surface area contributed by atoms with Crippen molar-refractivity contribution in [1.29, 1.82) is 0 Å². The lowest BCUT2D eigenvalue weighted by atomic mass is 10.2. The van der Waals surface area contributed by atoms with Gasteiger partial charge in [-0.25, -0.2) is 4.79 Å². The molecule has 0 bridgehead atoms. The molecule has 1 aliphatic heterocycles. The molecule has 1 aliphatic rings. The highest BCUT2D eigenvalue weighted by Crippen LogP contribution is 2.23. The van der Waals surface area contributed by atoms with Gasteiger partial charge in [0.25, 0.3) is 5.56 Å². The molecule has 0 spiro atoms. The highest BCUT2D eigenvalue weighted by atomic mass is 16.5. The highest BCUT2D eigenvalue weighted by molar-refractivity contribution is 5.76. The van der Waals surface area contributed by atoms with Crippen molar-refractivity contribution in [1.82, 2.24) is 23.1 Å². The number of hydrogen-bond acceptors (Lipinski definition) is 5. The zero-order chi connectivity index (χ0) is 19.3. The molecule has 9 nitrogen and oxygen atoms in total. The SMILES string of the molecule is COCCn1c(=O)c2c(nc3n(CC4CCCO4)c(C)c(C)n23)n(C)c1=O. The minimum absolute atomic E-state index is 0.154. The molecule has 27 heavy (non-hydrogen) atoms. The second-order valence-electron chi connectivity index (χ2n) is 7.13. The summed E-state index contributed by atoms with van der Waals surface area (Å²) in [6, 6.07) is 0. The molecule has 1 saturated heterocycles. The number of methoxy groups -OCH3 is 1. The number of aromatic nitrogens is 5. The van der Waals surface area contributed by atoms with Crippen LogP contribution in [0.4, 0.5) is 0 Å². The van der Waals surface area contributed by atoms with Crippen LogP contribution in [0, 0.1) is 13.8 Å². The minimum atomic E-state index is -0.384. The third kappa shape index (κ3) is 2.64. The molecule has 0 aliphatic carbocycles. The van der Waals surface area contributed by atoms with Gasteiger partial charge in [0.15, 0.2) is 11.2 Å². The van der Waals surface area contributed by atoms with Crippen molar-refractivity contribution in [3.8, 4) is 0 Å². The van der Waals surface area contributed by atoms with E-state index in [4.69, 9.17) is 9.47 Å². The van der Waals surface area contributed by atoms with E-state index in [0.29, 0.717) is 30.1 Å². The molecule has 3 aromatic heterocycles. The molecule has 0 amide bonds. The van der Waals surface area contributed by atoms with Crippen LogP contribution in [0.1, 0.15) is 24.2 Å². The Morgan fingerprint density at radius 3 is 2.67 bits per heavy atom. The summed E-state index contributed by atoms with van der Waals surface area (Å²) in [5.41, 5.74) is 2.10. The van der Waals surface area contributed by atoms with Gasteiger partial charge in [-0.05, 0) is 26.7 Å². The maximum atomic E-state index is 13.1. The lowest BCUT2D eigenvalue weighted by Gasteiger charge is -2.12. The standard InChI is InChI=1S/C18H25N5O4/c1-11-12(2)23-14-15(19-17(23)22(11)10-13-6-5-8-27-13)20(3)18(25)21(16(14)24)7-9-26-4/h13H,5-10H2,1-4H3. The summed E-state index contributed by atoms with van der Waals surface area (Å²) in [6.07, 6.45) is 2.24. The second-order valence-corrected chi connectivity index (χ2v) is 7.13. The number of rotatable bonds is 5. The van der Waals surface area contributed by atoms with Crippen molar-refractivity contribution in [3.63, 3.8) is 0 Å². The van der Waals surface area contributed by atoms with Gasteiger partial charge in [-0.1, -0.05) is 0 Å². The predicted molar refractivity (Wildman–Crippen MR) is 101 cm³/mol. The Labute approximate surface area is 155 Å². The Kier molecular flexibility index (Phi) is 4.43. The molecule has 0 N–H and O–H groups in total. The van der Waals surface area contributed by atoms with Crippen molar-refractivity contribution < 1.29 is 9.47 Å². The lowest BCUT2D eigenvalue weighted by molar-refractivity contribution is 0.0974. The summed E-state index contributed by atoms with van der Waals surface area (Å²) in [6.45, 7) is 5.98. The third-order valence-electron chi connectivity index (χ3n) is 5.56. The third-order valence-corrected chi connectivity index (χ3v) is 5.56. The first-order valence-corrected chi connectivity index (χ1v) is 9.24. The molecule has 9 heteroatoms. The highest BCUT2D eigenvalue weighted by Gasteiger charge is 2.25. The number of hydrogen-bond donors (Lipinski definition) is 0. The normalized spacial score (nSPS) is 17.6. The second kappa shape index (κ2) is 6.65. The molecule has 3 aromatic rings. The Morgan fingerprint density at radius 2 is 2.00 bits per heavy atom. The van der Waals surface area contributed by atoms with Crippen LogP contribution in [0.2, 0.25) is 0 Å². The van der Waals surface area contributed by atoms with Crippen molar-refractivity contribution in [3.05, 3.63) is 32.2 Å². The molecule has 1 fully saturated rings. The number of nitrogens with zero attached hydrogens (tertiary/aromatic N) is 5. The summed E-state index contributed by atoms with van der Waals surface area (Å²) < 4.78 is 17.4. The van der Waals surface area contributed by atoms with Crippen LogP contribution < -0.4 is 11.2 Å². The smallest absolute Gasteiger partial charge is 0.332 e. The van der Waals surface area contributed by atoms with Gasteiger partial charge in [-0.3, -0.25) is 18.3 Å². The molecule has 146 valence electrons. The molecular formula is C18H25N5O4. The van der Waals surface area contributed by atoms with E-state index < -0.39 is 0 Å². The molecule has 1 atom stereocenters. The number of aryl methyl sites for hydroxylation is 2. The first-order chi connectivity index (χ1) is 13.0. The monoisotopic (exact) mass is 375 g/mol. The van der Waals surface area contributed by atoms with Crippen molar-refractivity contribution in [2.45, 2.75) is 45.9 Å². The van der Waals surface area contributed by atoms with E-state index in [9.17, 15) is 9.59 Å². The van der Waals surface area contributed by atoms with Gasteiger partial charge in [0.2, 0.25) is 5.78 Å². The fourth-order valence-corrected chi connectivity index (χ4v) is 3.91. The van der Waals surface area contributed by atoms with Gasteiger partial charge in [0, 0.05) is 32.2 Å². The van der Waals surface area contributed by atoms with Crippen molar-refractivity contribution in [2.24, 2.45) is 7.05 Å². The van der Waals surface area contributed by atoms with Crippen LogP contribution >= 0.6 is 0 Å². The zero-order valence-corrected chi connectivity index (χ0v) is 16.2. The predicted octanol–water partition coefficient (Wildman–Crippen LogP) is 0.592. The lowest BCUT2D eigenvalue weighted by Crippen LogP contribution is -2.40. The Bertz CT molecular complexity index is 1130. The zero-order valence-electron chi connectivity index (χ0n) is 16.2. The van der Waals surface area contributed by atoms with E-state index in [-0.39, 0.29) is 23.9 Å². The maximum Gasteiger partial charge on any atom is 0.332 e. The summed E-state index contributed by atoms with van der Waals surface area (Å²) >= 11 is 0. The van der Waals surface area contributed by atoms with E-state index in [1.54, 1.807) is 14.2 Å². The minimum Gasteiger partial charge on any atom is -0.383 e. The first-order valence-electron chi connectivity index (χ1n) is 9.24. The molecule has 4 heterocycles. The largest absolute Gasteiger partial charge is 0.383 e. The topological polar surface area (TPSA) is 84.7 Å². The van der Waals surface area contributed by atoms with E-state index >= 15 is 0 Å². The molecule has 0 saturated carbocycles. The van der Waals surface area contributed by atoms with E-state index in [1.165, 1.54) is 9.13 Å². The summed E-state index contributed by atoms with van der Waals surface area (Å²) in [4.78, 5) is 30.4. The Hall–Kier alpha value is -2.39. The van der Waals surface area contributed by atoms with E-state index in [2.05, 4.69) is 9.55 Å². The molecule has 0 aromatic carbocycles. The average molecular weight is 375 g/mol. The Balaban J connectivity index is 1.99. The van der Waals surface area contributed by atoms with Gasteiger partial charge >= 0.3 is 5.69 Å². The first kappa shape index (κ1) is 18.0. The summed E-state index contributed by atoms with van der Waals surface area (Å²) in [5, 5.41) is 0. The number of imidazole rings is 2. The summed E-state index contributed by atoms with van der Waals surface area (Å²) in [7, 11) is 3.19. The summed E-state index contributed by atoms with van der Waals surface area (Å²) in [5.74, 6) is 0.673. The number of ether oxygens (including phenoxy) is 2. The quantitative estimate of drug-likeness (QED) is 0.652. The molecular weight excluding hydrogens is 350 g/mol. The maximum absolute atomic E-state index is 13.1. The van der Waals surface area contributed by atoms with Gasteiger partial charge in [-0.2, -0.15) is 4.98 Å². The number of fused-ring (bicyclic) bond motifs is 3. The molecule has 0 radical (unpaired) electrons. The van der Waals surface area contributed by atoms with E-state index in [1.807, 2.05) is 18.2 Å². The van der Waals surface area contributed by atoms with Gasteiger partial charge in [-0.15, -0.1) is 0 Å². The van der Waals surface area contributed by atoms with Gasteiger partial charge in [0.05, 0.1) is 25.8 Å². The fraction of sp³-hybridized carbons (Fsp3) is 0.611. The molecule has 1 unspecified atom stereocenters. The average Bonchev–Trinajstić information content (AvgIpc) is 3.35. The molecule has 4 rings (SSSR count). The van der Waals surface area contributed by atoms with Gasteiger partial charge < -0.3 is 14.0 Å². The van der Waals surface area contributed by atoms with Gasteiger partial charge in [0.1, 0.15) is 0 Å². The van der Waals surface area contributed by atoms with Crippen LogP contribution in [0.25, 0.3) is 16.9 Å². The van der Waals surface area contributed by atoms with Crippen molar-refractivity contribution in [2.75, 3.05) is 20.3 Å².